The Morgan fingerprint density at radius 1 is 1.32 bits per heavy atom. The molecule has 0 radical (unpaired) electrons. The zero-order valence-electron chi connectivity index (χ0n) is 13.2. The molecule has 0 spiro atoms. The Kier molecular flexibility index (Phi) is 5.85. The maximum atomic E-state index is 12.2. The SMILES string of the molecule is N#Cc1ccc(OCC(=O)N2CCCC2C(=O)NCC(F)(F)F)cc1. The van der Waals surface area contributed by atoms with E-state index in [4.69, 9.17) is 10.00 Å². The van der Waals surface area contributed by atoms with Gasteiger partial charge >= 0.3 is 6.18 Å². The summed E-state index contributed by atoms with van der Waals surface area (Å²) in [6, 6.07) is 7.16. The number of carbonyl (C=O) groups excluding carboxylic acids is 2. The normalized spacial score (nSPS) is 17.0. The maximum Gasteiger partial charge on any atom is 0.405 e. The lowest BCUT2D eigenvalue weighted by molar-refractivity contribution is -0.145. The van der Waals surface area contributed by atoms with Crippen LogP contribution in [0.15, 0.2) is 24.3 Å². The molecule has 1 aliphatic heterocycles. The molecule has 1 heterocycles. The molecule has 0 saturated carbocycles. The highest BCUT2D eigenvalue weighted by atomic mass is 19.4. The fraction of sp³-hybridized carbons (Fsp3) is 0.438. The highest BCUT2D eigenvalue weighted by molar-refractivity contribution is 5.88. The quantitative estimate of drug-likeness (QED) is 0.870. The predicted molar refractivity (Wildman–Crippen MR) is 80.5 cm³/mol. The van der Waals surface area contributed by atoms with Gasteiger partial charge in [0.05, 0.1) is 11.6 Å². The number of rotatable bonds is 5. The van der Waals surface area contributed by atoms with Gasteiger partial charge in [-0.1, -0.05) is 0 Å². The molecule has 1 unspecified atom stereocenters. The fourth-order valence-corrected chi connectivity index (χ4v) is 2.50. The van der Waals surface area contributed by atoms with Gasteiger partial charge in [0, 0.05) is 6.54 Å². The molecule has 1 saturated heterocycles. The van der Waals surface area contributed by atoms with E-state index < -0.39 is 30.6 Å². The van der Waals surface area contributed by atoms with Crippen molar-refractivity contribution in [2.45, 2.75) is 25.1 Å². The van der Waals surface area contributed by atoms with E-state index >= 15 is 0 Å². The fourth-order valence-electron chi connectivity index (χ4n) is 2.50. The highest BCUT2D eigenvalue weighted by Crippen LogP contribution is 2.19. The molecule has 134 valence electrons. The van der Waals surface area contributed by atoms with Gasteiger partial charge in [-0.25, -0.2) is 0 Å². The topological polar surface area (TPSA) is 82.4 Å². The van der Waals surface area contributed by atoms with E-state index in [9.17, 15) is 22.8 Å². The van der Waals surface area contributed by atoms with Gasteiger partial charge < -0.3 is 15.0 Å². The Morgan fingerprint density at radius 2 is 2.00 bits per heavy atom. The number of nitriles is 1. The molecule has 0 aliphatic carbocycles. The van der Waals surface area contributed by atoms with Crippen LogP contribution in [0.25, 0.3) is 0 Å². The number of alkyl halides is 3. The van der Waals surface area contributed by atoms with E-state index in [2.05, 4.69) is 0 Å². The first-order valence-electron chi connectivity index (χ1n) is 7.57. The Balaban J connectivity index is 1.88. The molecule has 1 aromatic carbocycles. The number of amides is 2. The van der Waals surface area contributed by atoms with E-state index in [-0.39, 0.29) is 6.61 Å². The lowest BCUT2D eigenvalue weighted by Gasteiger charge is -2.24. The van der Waals surface area contributed by atoms with Crippen molar-refractivity contribution in [2.75, 3.05) is 19.7 Å². The minimum Gasteiger partial charge on any atom is -0.484 e. The zero-order valence-corrected chi connectivity index (χ0v) is 13.2. The van der Waals surface area contributed by atoms with Crippen LogP contribution in [0.1, 0.15) is 18.4 Å². The number of carbonyl (C=O) groups is 2. The second-order valence-electron chi connectivity index (χ2n) is 5.50. The van der Waals surface area contributed by atoms with E-state index in [1.165, 1.54) is 29.2 Å². The standard InChI is InChI=1S/C16H16F3N3O3/c17-16(18,19)10-21-15(24)13-2-1-7-22(13)14(23)9-25-12-5-3-11(8-20)4-6-12/h3-6,13H,1-2,7,9-10H2,(H,21,24). The number of benzene rings is 1. The van der Waals surface area contributed by atoms with Crippen molar-refractivity contribution in [3.8, 4) is 11.8 Å². The van der Waals surface area contributed by atoms with E-state index in [1.54, 1.807) is 5.32 Å². The molecule has 9 heteroatoms. The summed E-state index contributed by atoms with van der Waals surface area (Å²) in [4.78, 5) is 25.3. The smallest absolute Gasteiger partial charge is 0.405 e. The van der Waals surface area contributed by atoms with E-state index in [0.717, 1.165) is 0 Å². The Labute approximate surface area is 142 Å². The summed E-state index contributed by atoms with van der Waals surface area (Å²) in [5, 5.41) is 10.5. The highest BCUT2D eigenvalue weighted by Gasteiger charge is 2.36. The molecule has 25 heavy (non-hydrogen) atoms. The molecule has 2 amide bonds. The van der Waals surface area contributed by atoms with Crippen LogP contribution in [0.3, 0.4) is 0 Å². The van der Waals surface area contributed by atoms with Crippen LogP contribution in [-0.4, -0.2) is 48.6 Å². The van der Waals surface area contributed by atoms with Crippen LogP contribution in [0.5, 0.6) is 5.75 Å². The first-order chi connectivity index (χ1) is 11.8. The summed E-state index contributed by atoms with van der Waals surface area (Å²) < 4.78 is 41.9. The van der Waals surface area contributed by atoms with Crippen LogP contribution < -0.4 is 10.1 Å². The van der Waals surface area contributed by atoms with Gasteiger partial charge in [-0.2, -0.15) is 18.4 Å². The average Bonchev–Trinajstić information content (AvgIpc) is 3.07. The van der Waals surface area contributed by atoms with Crippen LogP contribution in [-0.2, 0) is 9.59 Å². The Hall–Kier alpha value is -2.76. The number of ether oxygens (including phenoxy) is 1. The third-order valence-corrected chi connectivity index (χ3v) is 3.68. The summed E-state index contributed by atoms with van der Waals surface area (Å²) in [5.41, 5.74) is 0.444. The minimum absolute atomic E-state index is 0.291. The maximum absolute atomic E-state index is 12.2. The molecule has 0 aromatic heterocycles. The van der Waals surface area contributed by atoms with Crippen molar-refractivity contribution in [3.63, 3.8) is 0 Å². The molecule has 6 nitrogen and oxygen atoms in total. The Morgan fingerprint density at radius 3 is 2.60 bits per heavy atom. The van der Waals surface area contributed by atoms with Crippen LogP contribution in [0.2, 0.25) is 0 Å². The third-order valence-electron chi connectivity index (χ3n) is 3.68. The third kappa shape index (κ3) is 5.38. The van der Waals surface area contributed by atoms with Gasteiger partial charge in [0.15, 0.2) is 6.61 Å². The summed E-state index contributed by atoms with van der Waals surface area (Å²) in [5.74, 6) is -0.916. The number of likely N-dealkylation sites (tertiary alicyclic amines) is 1. The van der Waals surface area contributed by atoms with Crippen molar-refractivity contribution in [1.29, 1.82) is 5.26 Å². The molecule has 0 bridgehead atoms. The van der Waals surface area contributed by atoms with Crippen LogP contribution in [0, 0.1) is 11.3 Å². The molecule has 2 rings (SSSR count). The molecule has 1 N–H and O–H groups in total. The summed E-state index contributed by atoms with van der Waals surface area (Å²) in [6.45, 7) is -1.47. The first-order valence-corrected chi connectivity index (χ1v) is 7.57. The second kappa shape index (κ2) is 7.88. The largest absolute Gasteiger partial charge is 0.484 e. The average molecular weight is 355 g/mol. The molecular weight excluding hydrogens is 339 g/mol. The van der Waals surface area contributed by atoms with Crippen molar-refractivity contribution in [2.24, 2.45) is 0 Å². The Bertz CT molecular complexity index is 668. The summed E-state index contributed by atoms with van der Waals surface area (Å²) in [6.07, 6.45) is -3.65. The van der Waals surface area contributed by atoms with Crippen LogP contribution in [0.4, 0.5) is 13.2 Å². The van der Waals surface area contributed by atoms with Gasteiger partial charge in [-0.15, -0.1) is 0 Å². The lowest BCUT2D eigenvalue weighted by Crippen LogP contribution is -2.49. The zero-order chi connectivity index (χ0) is 18.4. The number of halogens is 3. The van der Waals surface area contributed by atoms with Gasteiger partial charge in [-0.3, -0.25) is 9.59 Å². The molecule has 1 atom stereocenters. The van der Waals surface area contributed by atoms with Crippen molar-refractivity contribution in [1.82, 2.24) is 10.2 Å². The van der Waals surface area contributed by atoms with Crippen LogP contribution >= 0.6 is 0 Å². The monoisotopic (exact) mass is 355 g/mol. The number of hydrogen-bond donors (Lipinski definition) is 1. The van der Waals surface area contributed by atoms with Gasteiger partial charge in [-0.05, 0) is 37.1 Å². The predicted octanol–water partition coefficient (Wildman–Crippen LogP) is 1.61. The van der Waals surface area contributed by atoms with E-state index in [1.807, 2.05) is 6.07 Å². The molecule has 1 aliphatic rings. The molecular formula is C16H16F3N3O3. The van der Waals surface area contributed by atoms with E-state index in [0.29, 0.717) is 30.7 Å². The molecule has 1 aromatic rings. The van der Waals surface area contributed by atoms with Crippen molar-refractivity contribution in [3.05, 3.63) is 29.8 Å². The number of nitrogens with one attached hydrogen (secondary N) is 1. The molecule has 1 fully saturated rings. The van der Waals surface area contributed by atoms with Gasteiger partial charge in [0.25, 0.3) is 5.91 Å². The minimum atomic E-state index is -4.50. The first kappa shape index (κ1) is 18.6. The van der Waals surface area contributed by atoms with Crippen molar-refractivity contribution < 1.29 is 27.5 Å². The summed E-state index contributed by atoms with van der Waals surface area (Å²) in [7, 11) is 0. The van der Waals surface area contributed by atoms with Crippen molar-refractivity contribution >= 4 is 11.8 Å². The summed E-state index contributed by atoms with van der Waals surface area (Å²) >= 11 is 0. The number of hydrogen-bond acceptors (Lipinski definition) is 4. The van der Waals surface area contributed by atoms with Gasteiger partial charge in [0.1, 0.15) is 18.3 Å². The second-order valence-corrected chi connectivity index (χ2v) is 5.50. The lowest BCUT2D eigenvalue weighted by atomic mass is 10.2. The van der Waals surface area contributed by atoms with Gasteiger partial charge in [0.2, 0.25) is 5.91 Å². The number of nitrogens with zero attached hydrogens (tertiary/aromatic N) is 2.